The number of benzene rings is 2. The summed E-state index contributed by atoms with van der Waals surface area (Å²) >= 11 is 6.57. The Bertz CT molecular complexity index is 1380. The number of hydrogen-bond acceptors (Lipinski definition) is 7. The van der Waals surface area contributed by atoms with Gasteiger partial charge >= 0.3 is 6.03 Å². The van der Waals surface area contributed by atoms with E-state index in [1.807, 2.05) is 4.72 Å². The van der Waals surface area contributed by atoms with E-state index in [1.54, 1.807) is 26.1 Å². The van der Waals surface area contributed by atoms with Crippen molar-refractivity contribution < 1.29 is 27.1 Å². The van der Waals surface area contributed by atoms with Crippen molar-refractivity contribution in [2.24, 2.45) is 0 Å². The number of ether oxygens (including phenoxy) is 1. The fourth-order valence-corrected chi connectivity index (χ4v) is 5.73. The first kappa shape index (κ1) is 23.8. The lowest BCUT2D eigenvalue weighted by molar-refractivity contribution is 0.0876. The zero-order valence-corrected chi connectivity index (χ0v) is 20.1. The van der Waals surface area contributed by atoms with Crippen LogP contribution in [-0.4, -0.2) is 33.6 Å². The van der Waals surface area contributed by atoms with Crippen molar-refractivity contribution in [3.05, 3.63) is 64.2 Å². The van der Waals surface area contributed by atoms with Crippen LogP contribution in [0.3, 0.4) is 0 Å². The van der Waals surface area contributed by atoms with Gasteiger partial charge in [-0.1, -0.05) is 11.6 Å². The average Bonchev–Trinajstić information content (AvgIpc) is 3.22. The zero-order valence-electron chi connectivity index (χ0n) is 17.8. The Kier molecular flexibility index (Phi) is 6.39. The molecule has 1 atom stereocenters. The van der Waals surface area contributed by atoms with Gasteiger partial charge in [0.2, 0.25) is 0 Å². The van der Waals surface area contributed by atoms with E-state index < -0.39 is 34.0 Å². The molecule has 0 bridgehead atoms. The van der Waals surface area contributed by atoms with Crippen LogP contribution in [0.5, 0.6) is 5.75 Å². The van der Waals surface area contributed by atoms with Gasteiger partial charge in [-0.3, -0.25) is 9.69 Å². The van der Waals surface area contributed by atoms with Gasteiger partial charge in [0, 0.05) is 24.5 Å². The molecule has 2 heterocycles. The lowest BCUT2D eigenvalue weighted by atomic mass is 10.1. The molecule has 9 nitrogen and oxygen atoms in total. The molecule has 13 heteroatoms. The summed E-state index contributed by atoms with van der Waals surface area (Å²) in [5.74, 6) is -0.768. The van der Waals surface area contributed by atoms with Crippen LogP contribution in [-0.2, 0) is 10.0 Å². The van der Waals surface area contributed by atoms with Gasteiger partial charge in [-0.25, -0.2) is 22.3 Å². The van der Waals surface area contributed by atoms with Gasteiger partial charge in [0.25, 0.3) is 15.9 Å². The lowest BCUT2D eigenvalue weighted by Crippen LogP contribution is -2.46. The van der Waals surface area contributed by atoms with E-state index >= 15 is 0 Å². The molecule has 1 aliphatic rings. The molecule has 0 fully saturated rings. The van der Waals surface area contributed by atoms with E-state index in [-0.39, 0.29) is 31.2 Å². The quantitative estimate of drug-likeness (QED) is 0.453. The molecule has 0 radical (unpaired) electrons. The first-order valence-corrected chi connectivity index (χ1v) is 12.5. The number of fused-ring (bicyclic) bond motifs is 1. The number of nitrogens with one attached hydrogen (secondary N) is 3. The van der Waals surface area contributed by atoms with E-state index in [2.05, 4.69) is 10.6 Å². The van der Waals surface area contributed by atoms with Gasteiger partial charge < -0.3 is 15.4 Å². The van der Waals surface area contributed by atoms with Crippen molar-refractivity contribution in [2.75, 3.05) is 22.6 Å². The third-order valence-electron chi connectivity index (χ3n) is 4.89. The van der Waals surface area contributed by atoms with Crippen LogP contribution in [0.25, 0.3) is 0 Å². The van der Waals surface area contributed by atoms with Crippen molar-refractivity contribution >= 4 is 62.0 Å². The highest BCUT2D eigenvalue weighted by Gasteiger charge is 2.33. The van der Waals surface area contributed by atoms with E-state index in [0.717, 1.165) is 17.4 Å². The van der Waals surface area contributed by atoms with Crippen molar-refractivity contribution in [1.82, 2.24) is 4.72 Å². The molecule has 0 saturated carbocycles. The van der Waals surface area contributed by atoms with Crippen LogP contribution in [0, 0.1) is 5.82 Å². The minimum Gasteiger partial charge on any atom is -0.469 e. The monoisotopic (exact) mass is 524 g/mol. The summed E-state index contributed by atoms with van der Waals surface area (Å²) in [7, 11) is -2.50. The van der Waals surface area contributed by atoms with Gasteiger partial charge in [-0.2, -0.15) is 0 Å². The summed E-state index contributed by atoms with van der Waals surface area (Å²) in [5, 5.41) is 5.12. The Morgan fingerprint density at radius 1 is 1.18 bits per heavy atom. The summed E-state index contributed by atoms with van der Waals surface area (Å²) in [4.78, 5) is 26.5. The van der Waals surface area contributed by atoms with E-state index in [0.29, 0.717) is 5.69 Å². The number of hydrogen-bond donors (Lipinski definition) is 3. The molecule has 4 rings (SSSR count). The molecule has 1 aliphatic heterocycles. The van der Waals surface area contributed by atoms with Crippen molar-refractivity contribution in [2.45, 2.75) is 17.4 Å². The molecule has 0 saturated heterocycles. The third kappa shape index (κ3) is 4.65. The van der Waals surface area contributed by atoms with Gasteiger partial charge in [0.05, 0.1) is 15.6 Å². The molecule has 1 aromatic heterocycles. The maximum absolute atomic E-state index is 14.2. The number of halogens is 2. The van der Waals surface area contributed by atoms with Gasteiger partial charge in [-0.15, -0.1) is 11.3 Å². The maximum atomic E-state index is 14.2. The smallest absolute Gasteiger partial charge is 0.333 e. The van der Waals surface area contributed by atoms with Crippen LogP contribution < -0.4 is 25.0 Å². The SMILES string of the molecule is CNc1cc2c(cc1F)C(=O)N(c1ccc(NC(=O)NS(=O)(=O)c3ccc(Cl)s3)cc1)C(C)O2. The fourth-order valence-electron chi connectivity index (χ4n) is 3.34. The summed E-state index contributed by atoms with van der Waals surface area (Å²) < 4.78 is 46.5. The number of carbonyl (C=O) groups excluding carboxylic acids is 2. The lowest BCUT2D eigenvalue weighted by Gasteiger charge is -2.35. The van der Waals surface area contributed by atoms with Crippen LogP contribution in [0.2, 0.25) is 4.34 Å². The average molecular weight is 525 g/mol. The highest BCUT2D eigenvalue weighted by atomic mass is 35.5. The van der Waals surface area contributed by atoms with Gasteiger partial charge in [0.1, 0.15) is 15.8 Å². The van der Waals surface area contributed by atoms with Gasteiger partial charge in [-0.05, 0) is 49.4 Å². The second-order valence-corrected chi connectivity index (χ2v) is 10.8. The Balaban J connectivity index is 1.48. The number of nitrogens with zero attached hydrogens (tertiary/aromatic N) is 1. The fraction of sp³-hybridized carbons (Fsp3) is 0.143. The van der Waals surface area contributed by atoms with Crippen molar-refractivity contribution in [3.63, 3.8) is 0 Å². The van der Waals surface area contributed by atoms with Crippen LogP contribution in [0.4, 0.5) is 26.2 Å². The summed E-state index contributed by atoms with van der Waals surface area (Å²) in [6.45, 7) is 1.67. The molecule has 0 spiro atoms. The summed E-state index contributed by atoms with van der Waals surface area (Å²) in [5.41, 5.74) is 1.01. The van der Waals surface area contributed by atoms with Crippen molar-refractivity contribution in [3.8, 4) is 5.75 Å². The number of sulfonamides is 1. The second-order valence-electron chi connectivity index (χ2n) is 7.14. The van der Waals surface area contributed by atoms with Crippen LogP contribution in [0.15, 0.2) is 52.7 Å². The number of amides is 3. The number of urea groups is 1. The molecule has 34 heavy (non-hydrogen) atoms. The van der Waals surface area contributed by atoms with Crippen molar-refractivity contribution in [1.29, 1.82) is 0 Å². The highest BCUT2D eigenvalue weighted by Crippen LogP contribution is 2.35. The molecule has 3 amide bonds. The normalized spacial score (nSPS) is 15.4. The van der Waals surface area contributed by atoms with E-state index in [9.17, 15) is 22.4 Å². The first-order valence-electron chi connectivity index (χ1n) is 9.80. The highest BCUT2D eigenvalue weighted by molar-refractivity contribution is 7.92. The first-order chi connectivity index (χ1) is 16.1. The Morgan fingerprint density at radius 3 is 2.50 bits per heavy atom. The minimum absolute atomic E-state index is 0.0788. The molecular weight excluding hydrogens is 507 g/mol. The van der Waals surface area contributed by atoms with Crippen LogP contribution >= 0.6 is 22.9 Å². The largest absolute Gasteiger partial charge is 0.469 e. The third-order valence-corrected chi connectivity index (χ3v) is 7.95. The maximum Gasteiger partial charge on any atom is 0.333 e. The predicted molar refractivity (Wildman–Crippen MR) is 128 cm³/mol. The summed E-state index contributed by atoms with van der Waals surface area (Å²) in [6, 6.07) is 10.4. The molecule has 1 unspecified atom stereocenters. The van der Waals surface area contributed by atoms with E-state index in [1.165, 1.54) is 35.2 Å². The molecule has 3 N–H and O–H groups in total. The molecule has 3 aromatic rings. The van der Waals surface area contributed by atoms with E-state index in [4.69, 9.17) is 16.3 Å². The molecule has 2 aromatic carbocycles. The number of carbonyl (C=O) groups is 2. The Hall–Kier alpha value is -3.35. The van der Waals surface area contributed by atoms with Gasteiger partial charge in [0.15, 0.2) is 6.23 Å². The summed E-state index contributed by atoms with van der Waals surface area (Å²) in [6.07, 6.45) is -0.681. The topological polar surface area (TPSA) is 117 Å². The molecule has 0 aliphatic carbocycles. The Morgan fingerprint density at radius 2 is 1.88 bits per heavy atom. The minimum atomic E-state index is -4.07. The number of anilines is 3. The number of thiophene rings is 1. The predicted octanol–water partition coefficient (Wildman–Crippen LogP) is 4.48. The molecular formula is C21H18ClFN4O5S2. The Labute approximate surface area is 203 Å². The molecule has 178 valence electrons. The van der Waals surface area contributed by atoms with Crippen LogP contribution in [0.1, 0.15) is 17.3 Å². The second kappa shape index (κ2) is 9.12. The standard InChI is InChI=1S/C21H18ClFN4O5S2/c1-11-27(20(28)14-9-15(23)16(24-2)10-17(14)32-11)13-5-3-12(4-6-13)25-21(29)26-34(30,31)19-8-7-18(22)33-19/h3-11,24H,1-2H3,(H2,25,26,29). The number of rotatable bonds is 5. The zero-order chi connectivity index (χ0) is 24.6.